The van der Waals surface area contributed by atoms with Crippen LogP contribution in [-0.2, 0) is 4.74 Å². The first kappa shape index (κ1) is 17.6. The largest absolute Gasteiger partial charge is 0.485 e. The fraction of sp³-hybridized carbons (Fsp3) is 0.600. The van der Waals surface area contributed by atoms with Crippen molar-refractivity contribution in [2.24, 2.45) is 0 Å². The maximum atomic E-state index is 13.6. The summed E-state index contributed by atoms with van der Waals surface area (Å²) in [6.07, 6.45) is -0.531. The van der Waals surface area contributed by atoms with Crippen molar-refractivity contribution < 1.29 is 28.3 Å². The van der Waals surface area contributed by atoms with E-state index in [2.05, 4.69) is 15.9 Å². The van der Waals surface area contributed by atoms with Gasteiger partial charge in [-0.3, -0.25) is 0 Å². The molecule has 0 amide bonds. The Hall–Kier alpha value is -0.760. The number of morpholine rings is 1. The van der Waals surface area contributed by atoms with Crippen LogP contribution in [0.3, 0.4) is 0 Å². The molecule has 0 saturated carbocycles. The number of nitrogens with one attached hydrogen (secondary N) is 1. The highest BCUT2D eigenvalue weighted by atomic mass is 79.9. The van der Waals surface area contributed by atoms with E-state index in [-0.39, 0.29) is 18.8 Å². The minimum Gasteiger partial charge on any atom is -0.485 e. The standard InChI is InChI=1S/C15H20BrF2NO3/c1-9-5-19(6-10(2)22-9)7-12(20)8-21-15-13(17)3-11(16)4-14(15)18/h3-4,9-10,12,20H,5-8H2,1-2H3/p+1/t9-,10-,12-/m0/s1. The fourth-order valence-corrected chi connectivity index (χ4v) is 3.20. The lowest BCUT2D eigenvalue weighted by molar-refractivity contribution is -0.918. The van der Waals surface area contributed by atoms with Crippen LogP contribution in [0, 0.1) is 11.6 Å². The van der Waals surface area contributed by atoms with Crippen LogP contribution >= 0.6 is 15.9 Å². The van der Waals surface area contributed by atoms with Gasteiger partial charge in [-0.2, -0.15) is 0 Å². The highest BCUT2D eigenvalue weighted by molar-refractivity contribution is 9.10. The summed E-state index contributed by atoms with van der Waals surface area (Å²) in [5.41, 5.74) is 0. The van der Waals surface area contributed by atoms with Gasteiger partial charge in [0.1, 0.15) is 44.6 Å². The predicted molar refractivity (Wildman–Crippen MR) is 81.1 cm³/mol. The SMILES string of the molecule is C[C@H]1C[NH+](C[C@H](O)COc2c(F)cc(Br)cc2F)C[C@H](C)O1. The zero-order valence-corrected chi connectivity index (χ0v) is 14.2. The predicted octanol–water partition coefficient (Wildman–Crippen LogP) is 1.16. The van der Waals surface area contributed by atoms with Crippen LogP contribution in [0.15, 0.2) is 16.6 Å². The average Bonchev–Trinajstić information content (AvgIpc) is 2.35. The lowest BCUT2D eigenvalue weighted by atomic mass is 10.2. The molecule has 1 aromatic rings. The Morgan fingerprint density at radius 1 is 1.32 bits per heavy atom. The summed E-state index contributed by atoms with van der Waals surface area (Å²) in [5, 5.41) is 10.0. The van der Waals surface area contributed by atoms with E-state index in [0.717, 1.165) is 25.2 Å². The van der Waals surface area contributed by atoms with Crippen molar-refractivity contribution in [3.8, 4) is 5.75 Å². The Morgan fingerprint density at radius 3 is 2.41 bits per heavy atom. The summed E-state index contributed by atoms with van der Waals surface area (Å²) in [7, 11) is 0. The number of benzene rings is 1. The van der Waals surface area contributed by atoms with Gasteiger partial charge in [0, 0.05) is 4.47 Å². The van der Waals surface area contributed by atoms with E-state index in [1.807, 2.05) is 13.8 Å². The third-order valence-electron chi connectivity index (χ3n) is 3.52. The summed E-state index contributed by atoms with van der Waals surface area (Å²) in [6, 6.07) is 2.25. The number of aliphatic hydroxyl groups excluding tert-OH is 1. The Kier molecular flexibility index (Phi) is 6.14. The maximum Gasteiger partial charge on any atom is 0.190 e. The minimum absolute atomic E-state index is 0.133. The Labute approximate surface area is 137 Å². The molecule has 0 radical (unpaired) electrons. The second-order valence-corrected chi connectivity index (χ2v) is 6.70. The Morgan fingerprint density at radius 2 is 1.86 bits per heavy atom. The van der Waals surface area contributed by atoms with Gasteiger partial charge >= 0.3 is 0 Å². The minimum atomic E-state index is -0.796. The first-order valence-electron chi connectivity index (χ1n) is 7.29. The molecular formula is C15H21BrF2NO3+. The summed E-state index contributed by atoms with van der Waals surface area (Å²) < 4.78 is 38.3. The van der Waals surface area contributed by atoms with E-state index in [1.165, 1.54) is 4.90 Å². The average molecular weight is 381 g/mol. The van der Waals surface area contributed by atoms with E-state index in [0.29, 0.717) is 11.0 Å². The third kappa shape index (κ3) is 4.87. The molecule has 0 unspecified atom stereocenters. The van der Waals surface area contributed by atoms with Crippen LogP contribution in [0.2, 0.25) is 0 Å². The molecule has 3 atom stereocenters. The van der Waals surface area contributed by atoms with Crippen molar-refractivity contribution in [2.75, 3.05) is 26.2 Å². The molecule has 1 aromatic carbocycles. The lowest BCUT2D eigenvalue weighted by Gasteiger charge is -2.33. The summed E-state index contributed by atoms with van der Waals surface area (Å²) in [6.45, 7) is 5.88. The summed E-state index contributed by atoms with van der Waals surface area (Å²) >= 11 is 3.00. The third-order valence-corrected chi connectivity index (χ3v) is 3.98. The molecule has 124 valence electrons. The number of hydrogen-bond acceptors (Lipinski definition) is 3. The number of halogens is 3. The molecular weight excluding hydrogens is 360 g/mol. The zero-order chi connectivity index (χ0) is 16.3. The van der Waals surface area contributed by atoms with E-state index in [1.54, 1.807) is 0 Å². The first-order valence-corrected chi connectivity index (χ1v) is 8.09. The van der Waals surface area contributed by atoms with Gasteiger partial charge in [0.05, 0.1) is 0 Å². The number of quaternary nitrogens is 1. The van der Waals surface area contributed by atoms with Crippen molar-refractivity contribution in [3.63, 3.8) is 0 Å². The van der Waals surface area contributed by atoms with Crippen molar-refractivity contribution >= 4 is 15.9 Å². The molecule has 0 bridgehead atoms. The number of rotatable bonds is 5. The van der Waals surface area contributed by atoms with Crippen molar-refractivity contribution in [1.82, 2.24) is 0 Å². The zero-order valence-electron chi connectivity index (χ0n) is 12.6. The van der Waals surface area contributed by atoms with Gasteiger partial charge in [-0.1, -0.05) is 15.9 Å². The highest BCUT2D eigenvalue weighted by Crippen LogP contribution is 2.25. The van der Waals surface area contributed by atoms with E-state index < -0.39 is 23.5 Å². The Bertz CT molecular complexity index is 485. The van der Waals surface area contributed by atoms with Crippen LogP contribution < -0.4 is 9.64 Å². The summed E-state index contributed by atoms with van der Waals surface area (Å²) in [4.78, 5) is 1.19. The number of ether oxygens (including phenoxy) is 2. The normalized spacial score (nSPS) is 26.7. The van der Waals surface area contributed by atoms with Crippen molar-refractivity contribution in [2.45, 2.75) is 32.2 Å². The molecule has 1 fully saturated rings. The molecule has 2 rings (SSSR count). The van der Waals surface area contributed by atoms with Gasteiger partial charge in [0.15, 0.2) is 17.4 Å². The molecule has 0 aliphatic carbocycles. The second kappa shape index (κ2) is 7.68. The monoisotopic (exact) mass is 380 g/mol. The van der Waals surface area contributed by atoms with Crippen LogP contribution in [0.4, 0.5) is 8.78 Å². The van der Waals surface area contributed by atoms with Gasteiger partial charge in [-0.15, -0.1) is 0 Å². The number of aliphatic hydroxyl groups is 1. The van der Waals surface area contributed by atoms with Gasteiger partial charge in [-0.05, 0) is 26.0 Å². The molecule has 0 spiro atoms. The fourth-order valence-electron chi connectivity index (χ4n) is 2.79. The molecule has 7 heteroatoms. The summed E-state index contributed by atoms with van der Waals surface area (Å²) in [5.74, 6) is -2.04. The second-order valence-electron chi connectivity index (χ2n) is 5.78. The van der Waals surface area contributed by atoms with Crippen LogP contribution in [0.5, 0.6) is 5.75 Å². The molecule has 0 aromatic heterocycles. The molecule has 4 nitrogen and oxygen atoms in total. The smallest absolute Gasteiger partial charge is 0.190 e. The quantitative estimate of drug-likeness (QED) is 0.805. The van der Waals surface area contributed by atoms with Crippen molar-refractivity contribution in [1.29, 1.82) is 0 Å². The van der Waals surface area contributed by atoms with Gasteiger partial charge in [0.25, 0.3) is 0 Å². The van der Waals surface area contributed by atoms with Crippen LogP contribution in [0.1, 0.15) is 13.8 Å². The lowest BCUT2D eigenvalue weighted by Crippen LogP contribution is -3.16. The molecule has 1 saturated heterocycles. The molecule has 2 N–H and O–H groups in total. The van der Waals surface area contributed by atoms with E-state index >= 15 is 0 Å². The molecule has 22 heavy (non-hydrogen) atoms. The maximum absolute atomic E-state index is 13.6. The molecule has 1 heterocycles. The van der Waals surface area contributed by atoms with E-state index in [9.17, 15) is 13.9 Å². The topological polar surface area (TPSA) is 43.1 Å². The molecule has 1 aliphatic rings. The Balaban J connectivity index is 1.86. The van der Waals surface area contributed by atoms with Crippen molar-refractivity contribution in [3.05, 3.63) is 28.2 Å². The van der Waals surface area contributed by atoms with Gasteiger partial charge in [-0.25, -0.2) is 8.78 Å². The number of hydrogen-bond donors (Lipinski definition) is 2. The van der Waals surface area contributed by atoms with Gasteiger partial charge in [0.2, 0.25) is 0 Å². The van der Waals surface area contributed by atoms with Gasteiger partial charge < -0.3 is 19.5 Å². The highest BCUT2D eigenvalue weighted by Gasteiger charge is 2.27. The van der Waals surface area contributed by atoms with Crippen LogP contribution in [-0.4, -0.2) is 49.7 Å². The van der Waals surface area contributed by atoms with E-state index in [4.69, 9.17) is 9.47 Å². The van der Waals surface area contributed by atoms with Crippen LogP contribution in [0.25, 0.3) is 0 Å². The molecule has 1 aliphatic heterocycles. The first-order chi connectivity index (χ1) is 10.3.